The number of anilines is 1. The Bertz CT molecular complexity index is 710. The van der Waals surface area contributed by atoms with E-state index in [2.05, 4.69) is 24.1 Å². The molecule has 0 saturated carbocycles. The summed E-state index contributed by atoms with van der Waals surface area (Å²) in [5.41, 5.74) is 2.99. The van der Waals surface area contributed by atoms with Crippen molar-refractivity contribution in [3.63, 3.8) is 0 Å². The molecule has 1 amide bonds. The Labute approximate surface area is 148 Å². The molecule has 2 N–H and O–H groups in total. The quantitative estimate of drug-likeness (QED) is 0.756. The van der Waals surface area contributed by atoms with Crippen molar-refractivity contribution in [3.05, 3.63) is 47.0 Å². The first kappa shape index (κ1) is 18.3. The van der Waals surface area contributed by atoms with Crippen molar-refractivity contribution in [2.75, 3.05) is 18.4 Å². The van der Waals surface area contributed by atoms with Gasteiger partial charge in [0, 0.05) is 35.3 Å². The molecule has 0 heterocycles. The Morgan fingerprint density at radius 3 is 2.33 bits per heavy atom. The molecule has 0 aromatic heterocycles. The van der Waals surface area contributed by atoms with E-state index in [1.165, 1.54) is 6.92 Å². The number of amides is 1. The van der Waals surface area contributed by atoms with Crippen LogP contribution in [0.4, 0.5) is 5.69 Å². The number of rotatable bonds is 6. The Hall–Kier alpha value is -2.04. The molecule has 0 atom stereocenters. The molecular weight excluding hydrogens is 324 g/mol. The summed E-state index contributed by atoms with van der Waals surface area (Å²) in [5.74, 6) is 0.0925. The van der Waals surface area contributed by atoms with Gasteiger partial charge in [0.05, 0.1) is 0 Å². The van der Waals surface area contributed by atoms with Crippen LogP contribution in [-0.4, -0.2) is 29.0 Å². The van der Waals surface area contributed by atoms with E-state index in [-0.39, 0.29) is 11.7 Å². The highest BCUT2D eigenvalue weighted by molar-refractivity contribution is 6.30. The summed E-state index contributed by atoms with van der Waals surface area (Å²) in [6.45, 7) is 8.02. The molecule has 0 aliphatic heterocycles. The second kappa shape index (κ2) is 8.18. The summed E-state index contributed by atoms with van der Waals surface area (Å²) in [6, 6.07) is 10.9. The van der Waals surface area contributed by atoms with Crippen LogP contribution in [0.1, 0.15) is 26.3 Å². The summed E-state index contributed by atoms with van der Waals surface area (Å²) in [4.78, 5) is 13.6. The van der Waals surface area contributed by atoms with Gasteiger partial charge >= 0.3 is 0 Å². The van der Waals surface area contributed by atoms with E-state index < -0.39 is 0 Å². The predicted octanol–water partition coefficient (Wildman–Crippen LogP) is 4.51. The lowest BCUT2D eigenvalue weighted by molar-refractivity contribution is -0.114. The first-order valence-electron chi connectivity index (χ1n) is 8.06. The third-order valence-corrected chi connectivity index (χ3v) is 4.20. The van der Waals surface area contributed by atoms with Crippen molar-refractivity contribution in [1.82, 2.24) is 4.90 Å². The van der Waals surface area contributed by atoms with Crippen molar-refractivity contribution in [2.45, 2.75) is 27.3 Å². The minimum atomic E-state index is -0.142. The van der Waals surface area contributed by atoms with Crippen LogP contribution in [0, 0.1) is 0 Å². The first-order valence-corrected chi connectivity index (χ1v) is 8.44. The van der Waals surface area contributed by atoms with E-state index in [4.69, 9.17) is 11.6 Å². The number of benzene rings is 2. The molecule has 0 aliphatic carbocycles. The van der Waals surface area contributed by atoms with Crippen molar-refractivity contribution in [3.8, 4) is 16.9 Å². The van der Waals surface area contributed by atoms with Crippen molar-refractivity contribution in [1.29, 1.82) is 0 Å². The molecule has 2 aromatic rings. The standard InChI is InChI=1S/C19H23ClN2O2/c1-4-22(5-2)12-15-10-17(21-13(3)23)11-18(19(15)24)14-6-8-16(20)9-7-14/h6-11,24H,4-5,12H2,1-3H3,(H,21,23). The lowest BCUT2D eigenvalue weighted by Gasteiger charge is -2.21. The first-order chi connectivity index (χ1) is 11.4. The molecule has 0 bridgehead atoms. The minimum absolute atomic E-state index is 0.142. The summed E-state index contributed by atoms with van der Waals surface area (Å²) >= 11 is 5.95. The third kappa shape index (κ3) is 4.49. The molecule has 0 spiro atoms. The average molecular weight is 347 g/mol. The van der Waals surface area contributed by atoms with Crippen molar-refractivity contribution in [2.24, 2.45) is 0 Å². The molecule has 2 aromatic carbocycles. The summed E-state index contributed by atoms with van der Waals surface area (Å²) in [5, 5.41) is 14.2. The maximum atomic E-state index is 11.4. The number of phenols is 1. The highest BCUT2D eigenvalue weighted by Gasteiger charge is 2.14. The van der Waals surface area contributed by atoms with Crippen LogP contribution in [0.5, 0.6) is 5.75 Å². The topological polar surface area (TPSA) is 52.6 Å². The number of carbonyl (C=O) groups excluding carboxylic acids is 1. The number of hydrogen-bond acceptors (Lipinski definition) is 3. The van der Waals surface area contributed by atoms with E-state index >= 15 is 0 Å². The van der Waals surface area contributed by atoms with Crippen molar-refractivity contribution < 1.29 is 9.90 Å². The summed E-state index contributed by atoms with van der Waals surface area (Å²) < 4.78 is 0. The molecule has 24 heavy (non-hydrogen) atoms. The number of carbonyl (C=O) groups is 1. The largest absolute Gasteiger partial charge is 0.507 e. The highest BCUT2D eigenvalue weighted by atomic mass is 35.5. The number of hydrogen-bond donors (Lipinski definition) is 2. The van der Waals surface area contributed by atoms with Gasteiger partial charge in [0.25, 0.3) is 0 Å². The van der Waals surface area contributed by atoms with Crippen LogP contribution in [0.25, 0.3) is 11.1 Å². The highest BCUT2D eigenvalue weighted by Crippen LogP contribution is 2.36. The zero-order valence-corrected chi connectivity index (χ0v) is 15.0. The van der Waals surface area contributed by atoms with E-state index in [1.54, 1.807) is 18.2 Å². The van der Waals surface area contributed by atoms with Gasteiger partial charge in [0.1, 0.15) is 5.75 Å². The summed E-state index contributed by atoms with van der Waals surface area (Å²) in [7, 11) is 0. The van der Waals surface area contributed by atoms with Crippen molar-refractivity contribution >= 4 is 23.2 Å². The van der Waals surface area contributed by atoms with Gasteiger partial charge in [0.2, 0.25) is 5.91 Å². The lowest BCUT2D eigenvalue weighted by atomic mass is 9.99. The van der Waals surface area contributed by atoms with Crippen LogP contribution in [0.2, 0.25) is 5.02 Å². The number of aromatic hydroxyl groups is 1. The van der Waals surface area contributed by atoms with Gasteiger partial charge in [-0.3, -0.25) is 9.69 Å². The lowest BCUT2D eigenvalue weighted by Crippen LogP contribution is -2.22. The monoisotopic (exact) mass is 346 g/mol. The van der Waals surface area contributed by atoms with E-state index in [9.17, 15) is 9.90 Å². The second-order valence-electron chi connectivity index (χ2n) is 5.68. The van der Waals surface area contributed by atoms with Gasteiger partial charge < -0.3 is 10.4 Å². The van der Waals surface area contributed by atoms with Crippen LogP contribution in [0.3, 0.4) is 0 Å². The molecular formula is C19H23ClN2O2. The van der Waals surface area contributed by atoms with Gasteiger partial charge in [-0.2, -0.15) is 0 Å². The van der Waals surface area contributed by atoms with Gasteiger partial charge in [-0.05, 0) is 42.9 Å². The van der Waals surface area contributed by atoms with Gasteiger partial charge in [0.15, 0.2) is 0 Å². The number of nitrogens with one attached hydrogen (secondary N) is 1. The van der Waals surface area contributed by atoms with Crippen LogP contribution in [0.15, 0.2) is 36.4 Å². The third-order valence-electron chi connectivity index (χ3n) is 3.95. The molecule has 128 valence electrons. The van der Waals surface area contributed by atoms with Gasteiger partial charge in [-0.15, -0.1) is 0 Å². The SMILES string of the molecule is CCN(CC)Cc1cc(NC(C)=O)cc(-c2ccc(Cl)cc2)c1O. The zero-order chi connectivity index (χ0) is 17.7. The molecule has 4 nitrogen and oxygen atoms in total. The van der Waals surface area contributed by atoms with E-state index in [0.717, 1.165) is 24.2 Å². The smallest absolute Gasteiger partial charge is 0.221 e. The van der Waals surface area contributed by atoms with E-state index in [1.807, 2.05) is 18.2 Å². The maximum absolute atomic E-state index is 11.4. The predicted molar refractivity (Wildman–Crippen MR) is 99.5 cm³/mol. The molecule has 2 rings (SSSR count). The second-order valence-corrected chi connectivity index (χ2v) is 6.12. The number of nitrogens with zero attached hydrogens (tertiary/aromatic N) is 1. The fourth-order valence-corrected chi connectivity index (χ4v) is 2.75. The molecule has 0 aliphatic rings. The molecule has 5 heteroatoms. The maximum Gasteiger partial charge on any atom is 0.221 e. The Morgan fingerprint density at radius 2 is 1.79 bits per heavy atom. The summed E-state index contributed by atoms with van der Waals surface area (Å²) in [6.07, 6.45) is 0. The minimum Gasteiger partial charge on any atom is -0.507 e. The van der Waals surface area contributed by atoms with Gasteiger partial charge in [-0.25, -0.2) is 0 Å². The number of phenolic OH excluding ortho intramolecular Hbond substituents is 1. The van der Waals surface area contributed by atoms with Crippen LogP contribution >= 0.6 is 11.6 Å². The van der Waals surface area contributed by atoms with Crippen LogP contribution < -0.4 is 5.32 Å². The zero-order valence-electron chi connectivity index (χ0n) is 14.3. The molecule has 0 fully saturated rings. The Balaban J connectivity index is 2.51. The average Bonchev–Trinajstić information content (AvgIpc) is 2.55. The molecule has 0 saturated heterocycles. The normalized spacial score (nSPS) is 10.9. The Morgan fingerprint density at radius 1 is 1.17 bits per heavy atom. The van der Waals surface area contributed by atoms with Gasteiger partial charge in [-0.1, -0.05) is 37.6 Å². The molecule has 0 unspecified atom stereocenters. The van der Waals surface area contributed by atoms with Crippen LogP contribution in [-0.2, 0) is 11.3 Å². The number of halogens is 1. The Kier molecular flexibility index (Phi) is 6.23. The fourth-order valence-electron chi connectivity index (χ4n) is 2.63. The fraction of sp³-hybridized carbons (Fsp3) is 0.316. The van der Waals surface area contributed by atoms with E-state index in [0.29, 0.717) is 22.8 Å². The molecule has 0 radical (unpaired) electrons.